The molecule has 94 valence electrons. The molecule has 2 nitrogen and oxygen atoms in total. The third-order valence-corrected chi connectivity index (χ3v) is 5.85. The Morgan fingerprint density at radius 1 is 1.29 bits per heavy atom. The van der Waals surface area contributed by atoms with Crippen molar-refractivity contribution in [1.82, 2.24) is 5.32 Å². The van der Waals surface area contributed by atoms with E-state index < -0.39 is 0 Å². The van der Waals surface area contributed by atoms with Crippen LogP contribution in [-0.2, 0) is 4.74 Å². The smallest absolute Gasteiger partial charge is 0.0876 e. The lowest BCUT2D eigenvalue weighted by molar-refractivity contribution is 0.216. The number of rotatable bonds is 3. The van der Waals surface area contributed by atoms with Crippen LogP contribution < -0.4 is 5.32 Å². The van der Waals surface area contributed by atoms with Crippen LogP contribution in [-0.4, -0.2) is 19.7 Å². The molecule has 2 heteroatoms. The van der Waals surface area contributed by atoms with Gasteiger partial charge in [-0.15, -0.1) is 0 Å². The Bertz CT molecular complexity index is 335. The van der Waals surface area contributed by atoms with Gasteiger partial charge in [0.25, 0.3) is 0 Å². The molecule has 0 spiro atoms. The maximum absolute atomic E-state index is 5.53. The number of hydrogen-bond acceptors (Lipinski definition) is 2. The third kappa shape index (κ3) is 1.43. The van der Waals surface area contributed by atoms with E-state index in [0.717, 1.165) is 36.2 Å². The van der Waals surface area contributed by atoms with Gasteiger partial charge in [0.05, 0.1) is 12.9 Å². The molecule has 1 heterocycles. The van der Waals surface area contributed by atoms with Crippen LogP contribution in [0.3, 0.4) is 0 Å². The van der Waals surface area contributed by atoms with E-state index in [1.807, 2.05) is 0 Å². The van der Waals surface area contributed by atoms with Crippen LogP contribution >= 0.6 is 0 Å². The maximum atomic E-state index is 5.53. The van der Waals surface area contributed by atoms with Gasteiger partial charge in [0.15, 0.2) is 0 Å². The second-order valence-corrected chi connectivity index (χ2v) is 6.50. The Morgan fingerprint density at radius 2 is 2.06 bits per heavy atom. The summed E-state index contributed by atoms with van der Waals surface area (Å²) in [6, 6.07) is 0.619. The highest BCUT2D eigenvalue weighted by Crippen LogP contribution is 2.70. The van der Waals surface area contributed by atoms with E-state index in [-0.39, 0.29) is 0 Å². The Kier molecular flexibility index (Phi) is 2.30. The van der Waals surface area contributed by atoms with Crippen LogP contribution in [0.2, 0.25) is 0 Å². The number of fused-ring (bicyclic) bond motifs is 5. The van der Waals surface area contributed by atoms with Crippen LogP contribution in [0, 0.1) is 29.6 Å². The van der Waals surface area contributed by atoms with Crippen LogP contribution in [0.1, 0.15) is 32.1 Å². The zero-order valence-electron chi connectivity index (χ0n) is 10.7. The predicted molar refractivity (Wildman–Crippen MR) is 67.4 cm³/mol. The average molecular weight is 233 g/mol. The van der Waals surface area contributed by atoms with Gasteiger partial charge in [-0.05, 0) is 74.3 Å². The Labute approximate surface area is 104 Å². The number of nitrogens with one attached hydrogen (secondary N) is 1. The molecule has 0 aromatic carbocycles. The minimum Gasteiger partial charge on any atom is -0.501 e. The molecule has 1 aliphatic heterocycles. The Morgan fingerprint density at radius 3 is 2.65 bits per heavy atom. The molecule has 0 amide bonds. The molecule has 0 aromatic heterocycles. The lowest BCUT2D eigenvalue weighted by Gasteiger charge is -2.25. The fourth-order valence-corrected chi connectivity index (χ4v) is 5.28. The monoisotopic (exact) mass is 233 g/mol. The van der Waals surface area contributed by atoms with E-state index in [4.69, 9.17) is 4.74 Å². The van der Waals surface area contributed by atoms with E-state index in [1.54, 1.807) is 6.42 Å². The Balaban J connectivity index is 1.53. The lowest BCUT2D eigenvalue weighted by Crippen LogP contribution is -2.33. The van der Waals surface area contributed by atoms with Crippen molar-refractivity contribution >= 4 is 0 Å². The molecule has 0 aromatic rings. The molecule has 4 rings (SSSR count). The molecule has 1 N–H and O–H groups in total. The average Bonchev–Trinajstić information content (AvgIpc) is 2.81. The molecule has 3 fully saturated rings. The standard InChI is InChI=1S/C15H23NO/c1-16-15(11-3-2-6-17-8-11)14-12-9-4-5-10(7-9)13(12)14/h8-10,12-16H,2-7H2,1H3. The van der Waals surface area contributed by atoms with E-state index in [9.17, 15) is 0 Å². The fraction of sp³-hybridized carbons (Fsp3) is 0.867. The number of hydrogen-bond donors (Lipinski definition) is 1. The molecule has 4 aliphatic rings. The van der Waals surface area contributed by atoms with E-state index in [2.05, 4.69) is 18.6 Å². The van der Waals surface area contributed by atoms with E-state index in [0.29, 0.717) is 6.04 Å². The molecule has 0 saturated heterocycles. The van der Waals surface area contributed by atoms with Crippen LogP contribution in [0.25, 0.3) is 0 Å². The van der Waals surface area contributed by atoms with Crippen molar-refractivity contribution in [2.75, 3.05) is 13.7 Å². The highest BCUT2D eigenvalue weighted by molar-refractivity contribution is 5.23. The second-order valence-electron chi connectivity index (χ2n) is 6.50. The van der Waals surface area contributed by atoms with Crippen molar-refractivity contribution in [2.24, 2.45) is 29.6 Å². The SMILES string of the molecule is CNC(C1=COCCC1)C1C2C3CCC(C3)C21. The predicted octanol–water partition coefficient (Wildman–Crippen LogP) is 2.56. The van der Waals surface area contributed by atoms with Gasteiger partial charge < -0.3 is 10.1 Å². The summed E-state index contributed by atoms with van der Waals surface area (Å²) in [6.45, 7) is 0.919. The van der Waals surface area contributed by atoms with Gasteiger partial charge >= 0.3 is 0 Å². The van der Waals surface area contributed by atoms with Gasteiger partial charge in [0.2, 0.25) is 0 Å². The molecular formula is C15H23NO. The lowest BCUT2D eigenvalue weighted by atomic mass is 9.91. The summed E-state index contributed by atoms with van der Waals surface area (Å²) < 4.78 is 5.53. The highest BCUT2D eigenvalue weighted by atomic mass is 16.5. The molecule has 2 bridgehead atoms. The van der Waals surface area contributed by atoms with Crippen molar-refractivity contribution in [2.45, 2.75) is 38.1 Å². The molecule has 3 saturated carbocycles. The molecule has 17 heavy (non-hydrogen) atoms. The zero-order valence-corrected chi connectivity index (χ0v) is 10.7. The minimum atomic E-state index is 0.619. The summed E-state index contributed by atoms with van der Waals surface area (Å²) in [5.41, 5.74) is 1.54. The van der Waals surface area contributed by atoms with Crippen molar-refractivity contribution in [3.8, 4) is 0 Å². The van der Waals surface area contributed by atoms with Gasteiger partial charge in [-0.1, -0.05) is 0 Å². The summed E-state index contributed by atoms with van der Waals surface area (Å²) >= 11 is 0. The first-order valence-electron chi connectivity index (χ1n) is 7.38. The van der Waals surface area contributed by atoms with Crippen molar-refractivity contribution in [1.29, 1.82) is 0 Å². The van der Waals surface area contributed by atoms with Gasteiger partial charge in [-0.2, -0.15) is 0 Å². The fourth-order valence-electron chi connectivity index (χ4n) is 5.28. The van der Waals surface area contributed by atoms with Gasteiger partial charge in [-0.25, -0.2) is 0 Å². The van der Waals surface area contributed by atoms with E-state index in [1.165, 1.54) is 31.3 Å². The number of ether oxygens (including phenoxy) is 1. The summed E-state index contributed by atoms with van der Waals surface area (Å²) in [5.74, 6) is 5.23. The summed E-state index contributed by atoms with van der Waals surface area (Å²) in [4.78, 5) is 0. The molecular weight excluding hydrogens is 210 g/mol. The van der Waals surface area contributed by atoms with Gasteiger partial charge in [0, 0.05) is 6.04 Å². The summed E-state index contributed by atoms with van der Waals surface area (Å²) in [5, 5.41) is 3.58. The first kappa shape index (κ1) is 10.4. The quantitative estimate of drug-likeness (QED) is 0.809. The Hall–Kier alpha value is -0.500. The van der Waals surface area contributed by atoms with Crippen molar-refractivity contribution in [3.05, 3.63) is 11.8 Å². The minimum absolute atomic E-state index is 0.619. The molecule has 3 aliphatic carbocycles. The largest absolute Gasteiger partial charge is 0.501 e. The first-order valence-corrected chi connectivity index (χ1v) is 7.38. The molecule has 5 unspecified atom stereocenters. The topological polar surface area (TPSA) is 21.3 Å². The van der Waals surface area contributed by atoms with Gasteiger partial charge in [-0.3, -0.25) is 0 Å². The highest BCUT2D eigenvalue weighted by Gasteiger charge is 2.66. The van der Waals surface area contributed by atoms with Crippen LogP contribution in [0.15, 0.2) is 11.8 Å². The molecule has 0 radical (unpaired) electrons. The maximum Gasteiger partial charge on any atom is 0.0876 e. The molecule has 5 atom stereocenters. The summed E-state index contributed by atoms with van der Waals surface area (Å²) in [6.07, 6.45) is 9.11. The normalized spacial score (nSPS) is 48.3. The van der Waals surface area contributed by atoms with Crippen LogP contribution in [0.5, 0.6) is 0 Å². The zero-order chi connectivity index (χ0) is 11.4. The van der Waals surface area contributed by atoms with Crippen molar-refractivity contribution in [3.63, 3.8) is 0 Å². The van der Waals surface area contributed by atoms with Crippen molar-refractivity contribution < 1.29 is 4.74 Å². The van der Waals surface area contributed by atoms with Gasteiger partial charge in [0.1, 0.15) is 0 Å². The second kappa shape index (κ2) is 3.74. The first-order chi connectivity index (χ1) is 8.40. The summed E-state index contributed by atoms with van der Waals surface area (Å²) in [7, 11) is 2.13. The van der Waals surface area contributed by atoms with E-state index >= 15 is 0 Å². The van der Waals surface area contributed by atoms with Crippen LogP contribution in [0.4, 0.5) is 0 Å². The number of likely N-dealkylation sites (N-methyl/N-ethyl adjacent to an activating group) is 1. The third-order valence-electron chi connectivity index (χ3n) is 5.85.